The number of hydrogen-bond acceptors (Lipinski definition) is 2. The van der Waals surface area contributed by atoms with Gasteiger partial charge in [0.2, 0.25) is 5.91 Å². The number of rotatable bonds is 6. The summed E-state index contributed by atoms with van der Waals surface area (Å²) in [5.41, 5.74) is 6.54. The van der Waals surface area contributed by atoms with Crippen LogP contribution in [0.2, 0.25) is 0 Å². The van der Waals surface area contributed by atoms with Crippen LogP contribution in [-0.2, 0) is 11.3 Å². The molecule has 1 rings (SSSR count). The van der Waals surface area contributed by atoms with E-state index < -0.39 is 0 Å². The van der Waals surface area contributed by atoms with Crippen molar-refractivity contribution in [1.29, 1.82) is 0 Å². The van der Waals surface area contributed by atoms with Gasteiger partial charge in [-0.05, 0) is 11.5 Å². The molecule has 2 atom stereocenters. The lowest BCUT2D eigenvalue weighted by atomic mass is 9.98. The Hall–Kier alpha value is -1.06. The summed E-state index contributed by atoms with van der Waals surface area (Å²) < 4.78 is 0. The molecule has 17 heavy (non-hydrogen) atoms. The zero-order valence-electron chi connectivity index (χ0n) is 10.3. The van der Waals surface area contributed by atoms with Crippen LogP contribution >= 0.6 is 12.4 Å². The summed E-state index contributed by atoms with van der Waals surface area (Å²) in [6, 6.07) is 9.76. The molecule has 0 fully saturated rings. The summed E-state index contributed by atoms with van der Waals surface area (Å²) in [5.74, 6) is -0.00788. The van der Waals surface area contributed by atoms with Gasteiger partial charge in [-0.3, -0.25) is 4.79 Å². The third kappa shape index (κ3) is 5.20. The molecule has 0 bridgehead atoms. The van der Waals surface area contributed by atoms with Crippen LogP contribution in [0.4, 0.5) is 0 Å². The van der Waals surface area contributed by atoms with Crippen LogP contribution in [0.1, 0.15) is 25.8 Å². The van der Waals surface area contributed by atoms with Gasteiger partial charge in [0, 0.05) is 6.54 Å². The summed E-state index contributed by atoms with van der Waals surface area (Å²) in [6.45, 7) is 4.77. The monoisotopic (exact) mass is 256 g/mol. The number of halogens is 1. The smallest absolute Gasteiger partial charge is 0.234 e. The second-order valence-electron chi connectivity index (χ2n) is 4.13. The minimum atomic E-state index is -0.273. The van der Waals surface area contributed by atoms with Gasteiger partial charge in [-0.2, -0.15) is 0 Å². The highest BCUT2D eigenvalue weighted by Gasteiger charge is 2.20. The van der Waals surface area contributed by atoms with Crippen molar-refractivity contribution in [2.45, 2.75) is 32.9 Å². The van der Waals surface area contributed by atoms with E-state index >= 15 is 0 Å². The summed E-state index contributed by atoms with van der Waals surface area (Å²) in [7, 11) is 0. The Morgan fingerprint density at radius 3 is 2.41 bits per heavy atom. The van der Waals surface area contributed by atoms with Crippen LogP contribution in [0.3, 0.4) is 0 Å². The van der Waals surface area contributed by atoms with E-state index in [2.05, 4.69) is 12.2 Å². The van der Waals surface area contributed by atoms with E-state index in [1.807, 2.05) is 37.3 Å². The first kappa shape index (κ1) is 15.9. The topological polar surface area (TPSA) is 55.1 Å². The van der Waals surface area contributed by atoms with Crippen LogP contribution in [0, 0.1) is 5.92 Å². The van der Waals surface area contributed by atoms with Gasteiger partial charge in [0.05, 0.1) is 6.04 Å². The Labute approximate surface area is 109 Å². The van der Waals surface area contributed by atoms with Gasteiger partial charge >= 0.3 is 0 Å². The first-order valence-electron chi connectivity index (χ1n) is 5.71. The number of nitrogens with two attached hydrogens (primary N) is 1. The van der Waals surface area contributed by atoms with E-state index in [4.69, 9.17) is 5.73 Å². The third-order valence-electron chi connectivity index (χ3n) is 2.89. The highest BCUT2D eigenvalue weighted by Crippen LogP contribution is 2.08. The molecule has 0 unspecified atom stereocenters. The summed E-state index contributed by atoms with van der Waals surface area (Å²) in [4.78, 5) is 11.3. The fourth-order valence-corrected chi connectivity index (χ4v) is 1.64. The van der Waals surface area contributed by atoms with Crippen molar-refractivity contribution in [3.05, 3.63) is 35.9 Å². The highest BCUT2D eigenvalue weighted by molar-refractivity contribution is 5.85. The summed E-state index contributed by atoms with van der Waals surface area (Å²) >= 11 is 0. The molecule has 0 aliphatic carbocycles. The van der Waals surface area contributed by atoms with Crippen LogP contribution in [-0.4, -0.2) is 11.9 Å². The molecular weight excluding hydrogens is 236 g/mol. The molecule has 4 heteroatoms. The van der Waals surface area contributed by atoms with Crippen molar-refractivity contribution < 1.29 is 4.79 Å². The maximum absolute atomic E-state index is 11.3. The third-order valence-corrected chi connectivity index (χ3v) is 2.89. The lowest BCUT2D eigenvalue weighted by Gasteiger charge is -2.21. The van der Waals surface area contributed by atoms with Crippen molar-refractivity contribution in [3.63, 3.8) is 0 Å². The normalized spacial score (nSPS) is 13.5. The molecule has 1 amide bonds. The molecule has 0 aromatic heterocycles. The molecule has 0 aliphatic heterocycles. The average Bonchev–Trinajstić information content (AvgIpc) is 2.30. The van der Waals surface area contributed by atoms with Gasteiger partial charge in [-0.1, -0.05) is 50.6 Å². The van der Waals surface area contributed by atoms with E-state index in [9.17, 15) is 4.79 Å². The maximum atomic E-state index is 11.3. The van der Waals surface area contributed by atoms with Gasteiger partial charge in [0.1, 0.15) is 0 Å². The van der Waals surface area contributed by atoms with Crippen LogP contribution in [0.5, 0.6) is 0 Å². The largest absolute Gasteiger partial charge is 0.368 e. The van der Waals surface area contributed by atoms with E-state index in [1.165, 1.54) is 0 Å². The standard InChI is InChI=1S/C13H20N2O.ClH/c1-3-10(2)12(13(14)16)15-9-11-7-5-4-6-8-11;/h4-8,10,12,15H,3,9H2,1-2H3,(H2,14,16);1H/t10-,12-;/m0./s1. The van der Waals surface area contributed by atoms with Crippen molar-refractivity contribution in [2.24, 2.45) is 11.7 Å². The van der Waals surface area contributed by atoms with Crippen molar-refractivity contribution in [3.8, 4) is 0 Å². The second-order valence-corrected chi connectivity index (χ2v) is 4.13. The molecule has 0 heterocycles. The predicted octanol–water partition coefficient (Wildman–Crippen LogP) is 2.10. The SMILES string of the molecule is CC[C@H](C)[C@H](NCc1ccccc1)C(N)=O.Cl. The first-order chi connectivity index (χ1) is 7.65. The highest BCUT2D eigenvalue weighted by atomic mass is 35.5. The number of hydrogen-bond donors (Lipinski definition) is 2. The zero-order valence-corrected chi connectivity index (χ0v) is 11.2. The number of nitrogens with one attached hydrogen (secondary N) is 1. The van der Waals surface area contributed by atoms with Crippen molar-refractivity contribution >= 4 is 18.3 Å². The Morgan fingerprint density at radius 1 is 1.35 bits per heavy atom. The Bertz CT molecular complexity index is 329. The number of primary amides is 1. The molecule has 3 nitrogen and oxygen atoms in total. The molecule has 1 aromatic carbocycles. The van der Waals surface area contributed by atoms with E-state index in [0.717, 1.165) is 12.0 Å². The number of carbonyl (C=O) groups is 1. The van der Waals surface area contributed by atoms with Crippen molar-refractivity contribution in [1.82, 2.24) is 5.32 Å². The van der Waals surface area contributed by atoms with Crippen LogP contribution < -0.4 is 11.1 Å². The van der Waals surface area contributed by atoms with Gasteiger partial charge in [0.25, 0.3) is 0 Å². The molecule has 0 radical (unpaired) electrons. The van der Waals surface area contributed by atoms with Crippen LogP contribution in [0.15, 0.2) is 30.3 Å². The second kappa shape index (κ2) is 8.09. The maximum Gasteiger partial charge on any atom is 0.234 e. The molecule has 0 spiro atoms. The summed E-state index contributed by atoms with van der Waals surface area (Å²) in [6.07, 6.45) is 0.940. The lowest BCUT2D eigenvalue weighted by molar-refractivity contribution is -0.121. The Kier molecular flexibility index (Phi) is 7.59. The quantitative estimate of drug-likeness (QED) is 0.819. The first-order valence-corrected chi connectivity index (χ1v) is 5.71. The summed E-state index contributed by atoms with van der Waals surface area (Å²) in [5, 5.41) is 3.21. The Morgan fingerprint density at radius 2 is 1.94 bits per heavy atom. The fourth-order valence-electron chi connectivity index (χ4n) is 1.64. The van der Waals surface area contributed by atoms with Gasteiger partial charge in [-0.25, -0.2) is 0 Å². The number of amides is 1. The van der Waals surface area contributed by atoms with E-state index in [0.29, 0.717) is 6.54 Å². The predicted molar refractivity (Wildman–Crippen MR) is 73.0 cm³/mol. The molecule has 0 aliphatic rings. The minimum absolute atomic E-state index is 0. The van der Waals surface area contributed by atoms with E-state index in [-0.39, 0.29) is 30.3 Å². The molecule has 96 valence electrons. The van der Waals surface area contributed by atoms with Gasteiger partial charge in [-0.15, -0.1) is 12.4 Å². The molecule has 0 saturated heterocycles. The lowest BCUT2D eigenvalue weighted by Crippen LogP contribution is -2.45. The number of carbonyl (C=O) groups excluding carboxylic acids is 1. The molecule has 1 aromatic rings. The van der Waals surface area contributed by atoms with Gasteiger partial charge < -0.3 is 11.1 Å². The van der Waals surface area contributed by atoms with Crippen molar-refractivity contribution in [2.75, 3.05) is 0 Å². The van der Waals surface area contributed by atoms with Gasteiger partial charge in [0.15, 0.2) is 0 Å². The average molecular weight is 257 g/mol. The Balaban J connectivity index is 0.00000256. The fraction of sp³-hybridized carbons (Fsp3) is 0.462. The molecule has 3 N–H and O–H groups in total. The van der Waals surface area contributed by atoms with E-state index in [1.54, 1.807) is 0 Å². The minimum Gasteiger partial charge on any atom is -0.368 e. The molecular formula is C13H21ClN2O. The van der Waals surface area contributed by atoms with Crippen LogP contribution in [0.25, 0.3) is 0 Å². The number of benzene rings is 1. The zero-order chi connectivity index (χ0) is 12.0. The molecule has 0 saturated carbocycles.